The summed E-state index contributed by atoms with van der Waals surface area (Å²) in [6.07, 6.45) is 2.03. The molecule has 2 heterocycles. The third-order valence-electron chi connectivity index (χ3n) is 5.27. The largest absolute Gasteiger partial charge is 0.485 e. The molecular formula is C21H24N2O5S. The van der Waals surface area contributed by atoms with E-state index in [1.54, 1.807) is 28.6 Å². The predicted octanol–water partition coefficient (Wildman–Crippen LogP) is 3.03. The summed E-state index contributed by atoms with van der Waals surface area (Å²) in [5.74, 6) is 0.786. The molecule has 1 N–H and O–H groups in total. The van der Waals surface area contributed by atoms with Crippen molar-refractivity contribution in [2.45, 2.75) is 43.2 Å². The maximum atomic E-state index is 12.9. The Morgan fingerprint density at radius 1 is 1.07 bits per heavy atom. The number of amides is 1. The smallest absolute Gasteiger partial charge is 0.269 e. The third kappa shape index (κ3) is 4.09. The van der Waals surface area contributed by atoms with Gasteiger partial charge in [0.2, 0.25) is 16.1 Å². The van der Waals surface area contributed by atoms with Crippen LogP contribution in [-0.4, -0.2) is 43.9 Å². The molecule has 0 aliphatic carbocycles. The van der Waals surface area contributed by atoms with E-state index in [2.05, 4.69) is 5.32 Å². The highest BCUT2D eigenvalue weighted by atomic mass is 32.2. The van der Waals surface area contributed by atoms with Gasteiger partial charge >= 0.3 is 0 Å². The number of benzene rings is 2. The standard InChI is InChI=1S/C21H24N2O5S/c1-15-6-4-5-13-23(15)29(25,26)17-11-9-16(10-12-17)22-21(24)20-14-27-18-7-2-3-8-19(18)28-20/h2-3,7-12,15,20H,4-6,13-14H2,1H3,(H,22,24). The van der Waals surface area contributed by atoms with E-state index in [1.165, 1.54) is 12.1 Å². The highest BCUT2D eigenvalue weighted by Gasteiger charge is 2.31. The average molecular weight is 416 g/mol. The second kappa shape index (κ2) is 8.04. The summed E-state index contributed by atoms with van der Waals surface area (Å²) in [5, 5.41) is 2.76. The van der Waals surface area contributed by atoms with Gasteiger partial charge in [0.05, 0.1) is 4.90 Å². The molecule has 0 spiro atoms. The summed E-state index contributed by atoms with van der Waals surface area (Å²) < 4.78 is 38.6. The summed E-state index contributed by atoms with van der Waals surface area (Å²) in [6.45, 7) is 2.60. The van der Waals surface area contributed by atoms with Crippen molar-refractivity contribution in [1.29, 1.82) is 0 Å². The van der Waals surface area contributed by atoms with Crippen LogP contribution in [0.15, 0.2) is 53.4 Å². The number of fused-ring (bicyclic) bond motifs is 1. The quantitative estimate of drug-likeness (QED) is 0.828. The van der Waals surface area contributed by atoms with Crippen LogP contribution in [0.3, 0.4) is 0 Å². The zero-order chi connectivity index (χ0) is 20.4. The molecule has 1 fully saturated rings. The van der Waals surface area contributed by atoms with E-state index in [9.17, 15) is 13.2 Å². The van der Waals surface area contributed by atoms with Gasteiger partial charge in [0.25, 0.3) is 5.91 Å². The van der Waals surface area contributed by atoms with Crippen LogP contribution in [0.2, 0.25) is 0 Å². The first-order valence-electron chi connectivity index (χ1n) is 9.76. The molecule has 0 saturated carbocycles. The number of piperidine rings is 1. The lowest BCUT2D eigenvalue weighted by atomic mass is 10.1. The Hall–Kier alpha value is -2.58. The average Bonchev–Trinajstić information content (AvgIpc) is 2.74. The van der Waals surface area contributed by atoms with Gasteiger partial charge < -0.3 is 14.8 Å². The van der Waals surface area contributed by atoms with Crippen LogP contribution in [0, 0.1) is 0 Å². The fourth-order valence-corrected chi connectivity index (χ4v) is 5.35. The van der Waals surface area contributed by atoms with Crippen molar-refractivity contribution in [1.82, 2.24) is 4.31 Å². The zero-order valence-corrected chi connectivity index (χ0v) is 17.0. The maximum absolute atomic E-state index is 12.9. The minimum Gasteiger partial charge on any atom is -0.485 e. The van der Waals surface area contributed by atoms with E-state index in [0.717, 1.165) is 19.3 Å². The molecule has 4 rings (SSSR count). The van der Waals surface area contributed by atoms with E-state index in [-0.39, 0.29) is 23.5 Å². The number of hydrogen-bond donors (Lipinski definition) is 1. The van der Waals surface area contributed by atoms with Gasteiger partial charge in [-0.15, -0.1) is 0 Å². The van der Waals surface area contributed by atoms with Crippen LogP contribution < -0.4 is 14.8 Å². The molecular weight excluding hydrogens is 392 g/mol. The number of carbonyl (C=O) groups excluding carboxylic acids is 1. The first kappa shape index (κ1) is 19.7. The summed E-state index contributed by atoms with van der Waals surface area (Å²) in [7, 11) is -3.53. The van der Waals surface area contributed by atoms with Crippen molar-refractivity contribution in [3.05, 3.63) is 48.5 Å². The molecule has 2 aliphatic rings. The Bertz CT molecular complexity index is 990. The SMILES string of the molecule is CC1CCCCN1S(=O)(=O)c1ccc(NC(=O)C2COc3ccccc3O2)cc1. The topological polar surface area (TPSA) is 84.9 Å². The maximum Gasteiger partial charge on any atom is 0.269 e. The number of rotatable bonds is 4. The van der Waals surface area contributed by atoms with Gasteiger partial charge in [-0.25, -0.2) is 8.42 Å². The van der Waals surface area contributed by atoms with Crippen LogP contribution in [0.1, 0.15) is 26.2 Å². The van der Waals surface area contributed by atoms with Crippen LogP contribution in [0.25, 0.3) is 0 Å². The number of carbonyl (C=O) groups is 1. The van der Waals surface area contributed by atoms with Gasteiger partial charge in [0, 0.05) is 18.3 Å². The van der Waals surface area contributed by atoms with E-state index in [1.807, 2.05) is 19.1 Å². The van der Waals surface area contributed by atoms with Crippen LogP contribution in [-0.2, 0) is 14.8 Å². The Kier molecular flexibility index (Phi) is 5.47. The van der Waals surface area contributed by atoms with Gasteiger partial charge in [0.15, 0.2) is 11.5 Å². The van der Waals surface area contributed by atoms with Gasteiger partial charge in [-0.3, -0.25) is 4.79 Å². The third-order valence-corrected chi connectivity index (χ3v) is 7.30. The predicted molar refractivity (Wildman–Crippen MR) is 109 cm³/mol. The molecule has 29 heavy (non-hydrogen) atoms. The molecule has 0 aromatic heterocycles. The second-order valence-electron chi connectivity index (χ2n) is 7.34. The van der Waals surface area contributed by atoms with Crippen molar-refractivity contribution in [2.75, 3.05) is 18.5 Å². The summed E-state index contributed by atoms with van der Waals surface area (Å²) in [5.41, 5.74) is 0.503. The molecule has 1 amide bonds. The number of nitrogens with zero attached hydrogens (tertiary/aromatic N) is 1. The van der Waals surface area contributed by atoms with E-state index in [0.29, 0.717) is 23.7 Å². The van der Waals surface area contributed by atoms with E-state index >= 15 is 0 Å². The number of ether oxygens (including phenoxy) is 2. The van der Waals surface area contributed by atoms with E-state index in [4.69, 9.17) is 9.47 Å². The molecule has 2 atom stereocenters. The number of anilines is 1. The number of sulfonamides is 1. The number of para-hydroxylation sites is 2. The fourth-order valence-electron chi connectivity index (χ4n) is 3.65. The monoisotopic (exact) mass is 416 g/mol. The summed E-state index contributed by atoms with van der Waals surface area (Å²) in [6, 6.07) is 13.4. The van der Waals surface area contributed by atoms with Gasteiger partial charge in [-0.05, 0) is 56.2 Å². The number of hydrogen-bond acceptors (Lipinski definition) is 5. The van der Waals surface area contributed by atoms with Crippen molar-refractivity contribution >= 4 is 21.6 Å². The Balaban J connectivity index is 1.43. The van der Waals surface area contributed by atoms with Gasteiger partial charge in [0.1, 0.15) is 6.61 Å². The zero-order valence-electron chi connectivity index (χ0n) is 16.2. The molecule has 7 nitrogen and oxygen atoms in total. The Morgan fingerprint density at radius 2 is 1.79 bits per heavy atom. The van der Waals surface area contributed by atoms with Gasteiger partial charge in [-0.2, -0.15) is 4.31 Å². The lowest BCUT2D eigenvalue weighted by Gasteiger charge is -2.32. The molecule has 2 unspecified atom stereocenters. The fraction of sp³-hybridized carbons (Fsp3) is 0.381. The van der Waals surface area contributed by atoms with Gasteiger partial charge in [-0.1, -0.05) is 18.6 Å². The van der Waals surface area contributed by atoms with Crippen LogP contribution in [0.5, 0.6) is 11.5 Å². The molecule has 2 aromatic rings. The molecule has 0 radical (unpaired) electrons. The Morgan fingerprint density at radius 3 is 2.52 bits per heavy atom. The molecule has 8 heteroatoms. The second-order valence-corrected chi connectivity index (χ2v) is 9.23. The van der Waals surface area contributed by atoms with Crippen molar-refractivity contribution in [3.63, 3.8) is 0 Å². The van der Waals surface area contributed by atoms with Crippen LogP contribution >= 0.6 is 0 Å². The van der Waals surface area contributed by atoms with Crippen LogP contribution in [0.4, 0.5) is 5.69 Å². The minimum absolute atomic E-state index is 0.000503. The lowest BCUT2D eigenvalue weighted by molar-refractivity contribution is -0.125. The van der Waals surface area contributed by atoms with E-state index < -0.39 is 16.1 Å². The molecule has 154 valence electrons. The first-order valence-corrected chi connectivity index (χ1v) is 11.2. The highest BCUT2D eigenvalue weighted by Crippen LogP contribution is 2.31. The first-order chi connectivity index (χ1) is 13.9. The summed E-state index contributed by atoms with van der Waals surface area (Å²) in [4.78, 5) is 12.7. The Labute approximate surface area is 170 Å². The lowest BCUT2D eigenvalue weighted by Crippen LogP contribution is -2.41. The number of nitrogens with one attached hydrogen (secondary N) is 1. The molecule has 2 aromatic carbocycles. The molecule has 2 aliphatic heterocycles. The normalized spacial score (nSPS) is 22.1. The van der Waals surface area contributed by atoms with Crippen molar-refractivity contribution in [3.8, 4) is 11.5 Å². The minimum atomic E-state index is -3.53. The molecule has 0 bridgehead atoms. The van der Waals surface area contributed by atoms with Crippen molar-refractivity contribution < 1.29 is 22.7 Å². The highest BCUT2D eigenvalue weighted by molar-refractivity contribution is 7.89. The summed E-state index contributed by atoms with van der Waals surface area (Å²) >= 11 is 0. The van der Waals surface area contributed by atoms with Crippen molar-refractivity contribution in [2.24, 2.45) is 0 Å². The molecule has 1 saturated heterocycles.